The third-order valence-electron chi connectivity index (χ3n) is 5.06. The first-order valence-electron chi connectivity index (χ1n) is 9.43. The van der Waals surface area contributed by atoms with Crippen LogP contribution in [0.4, 0.5) is 11.4 Å². The van der Waals surface area contributed by atoms with E-state index in [9.17, 15) is 49.1 Å². The molecule has 2 N–H and O–H groups in total. The molecule has 0 bridgehead atoms. The molecule has 0 unspecified atom stereocenters. The third kappa shape index (κ3) is 7.59. The third-order valence-corrected chi connectivity index (χ3v) is 7.62. The number of aromatic hydroxyl groups is 2. The van der Waals surface area contributed by atoms with Gasteiger partial charge >= 0.3 is 88.7 Å². The molecule has 13 nitrogen and oxygen atoms in total. The summed E-state index contributed by atoms with van der Waals surface area (Å²) in [5, 5.41) is 27.8. The Morgan fingerprint density at radius 3 is 1.67 bits per heavy atom. The molecule has 0 radical (unpaired) electrons. The summed E-state index contributed by atoms with van der Waals surface area (Å²) in [5.41, 5.74) is -1.01. The van der Waals surface area contributed by atoms with Crippen LogP contribution in [0.1, 0.15) is 0 Å². The van der Waals surface area contributed by atoms with Gasteiger partial charge in [-0.2, -0.15) is 0 Å². The molecule has 0 aliphatic heterocycles. The summed E-state index contributed by atoms with van der Waals surface area (Å²) in [6.45, 7) is 0. The van der Waals surface area contributed by atoms with Gasteiger partial charge in [-0.15, -0.1) is 10.2 Å². The fraction of sp³-hybridized carbons (Fsp3) is 0. The Morgan fingerprint density at radius 2 is 1.13 bits per heavy atom. The number of phenols is 2. The van der Waals surface area contributed by atoms with Gasteiger partial charge in [-0.3, -0.25) is 0 Å². The van der Waals surface area contributed by atoms with E-state index in [1.165, 1.54) is 24.3 Å². The van der Waals surface area contributed by atoms with Crippen molar-refractivity contribution in [3.05, 3.63) is 54.6 Å². The van der Waals surface area contributed by atoms with Crippen molar-refractivity contribution in [2.24, 2.45) is 10.2 Å². The van der Waals surface area contributed by atoms with Crippen LogP contribution in [0.3, 0.4) is 0 Å². The van der Waals surface area contributed by atoms with Crippen LogP contribution in [0.25, 0.3) is 21.5 Å². The van der Waals surface area contributed by atoms with Crippen molar-refractivity contribution in [3.8, 4) is 11.5 Å². The van der Waals surface area contributed by atoms with Crippen LogP contribution in [0.2, 0.25) is 0 Å². The van der Waals surface area contributed by atoms with E-state index >= 15 is 0 Å². The molecule has 4 rings (SSSR count). The van der Waals surface area contributed by atoms with Crippen LogP contribution < -0.4 is 88.7 Å². The number of hydrogen-bond donors (Lipinski definition) is 2. The van der Waals surface area contributed by atoms with Gasteiger partial charge in [-0.25, -0.2) is 25.3 Å². The van der Waals surface area contributed by atoms with Crippen molar-refractivity contribution in [1.29, 1.82) is 0 Å². The number of fused-ring (bicyclic) bond motifs is 2. The number of nitrogens with zero attached hydrogens (tertiary/aromatic N) is 2. The fourth-order valence-corrected chi connectivity index (χ4v) is 5.32. The van der Waals surface area contributed by atoms with Crippen LogP contribution >= 0.6 is 0 Å². The predicted octanol–water partition coefficient (Wildman–Crippen LogP) is -6.46. The SMILES string of the molecule is O=S(=O)([O-])c1ccc2c(N=Nc3c(O)cc(S(=O)(=O)[O-])c4ccccc34)c(O)c(S(=O)(=O)[O-])cc2c1.[Na+].[Na+].[Na+]. The Morgan fingerprint density at radius 1 is 0.590 bits per heavy atom. The van der Waals surface area contributed by atoms with E-state index in [-0.39, 0.29) is 116 Å². The summed E-state index contributed by atoms with van der Waals surface area (Å²) < 4.78 is 104. The molecule has 0 aliphatic carbocycles. The molecule has 0 saturated heterocycles. The maximum absolute atomic E-state index is 11.7. The van der Waals surface area contributed by atoms with Crippen molar-refractivity contribution in [2.45, 2.75) is 14.7 Å². The summed E-state index contributed by atoms with van der Waals surface area (Å²) in [6.07, 6.45) is 0. The molecule has 0 saturated carbocycles. The Kier molecular flexibility index (Phi) is 12.2. The Hall–Kier alpha value is -0.670. The number of rotatable bonds is 5. The molecule has 39 heavy (non-hydrogen) atoms. The van der Waals surface area contributed by atoms with Gasteiger partial charge in [0.2, 0.25) is 0 Å². The molecule has 0 spiro atoms. The summed E-state index contributed by atoms with van der Waals surface area (Å²) in [7, 11) is -15.3. The second-order valence-electron chi connectivity index (χ2n) is 7.31. The van der Waals surface area contributed by atoms with Gasteiger partial charge in [0.15, 0.2) is 5.75 Å². The molecular weight excluding hydrogens is 609 g/mol. The molecule has 0 atom stereocenters. The van der Waals surface area contributed by atoms with Crippen molar-refractivity contribution in [2.75, 3.05) is 0 Å². The van der Waals surface area contributed by atoms with Crippen molar-refractivity contribution in [1.82, 2.24) is 0 Å². The predicted molar refractivity (Wildman–Crippen MR) is 119 cm³/mol. The minimum Gasteiger partial charge on any atom is -0.744 e. The van der Waals surface area contributed by atoms with Gasteiger partial charge in [0.05, 0.1) is 14.7 Å². The monoisotopic (exact) mass is 620 g/mol. The van der Waals surface area contributed by atoms with Crippen LogP contribution in [0, 0.1) is 0 Å². The van der Waals surface area contributed by atoms with Gasteiger partial charge in [-0.05, 0) is 23.6 Å². The average Bonchev–Trinajstić information content (AvgIpc) is 2.76. The van der Waals surface area contributed by atoms with Gasteiger partial charge < -0.3 is 23.9 Å². The van der Waals surface area contributed by atoms with Gasteiger partial charge in [-0.1, -0.05) is 30.3 Å². The first kappa shape index (κ1) is 36.4. The maximum Gasteiger partial charge on any atom is 1.00 e. The van der Waals surface area contributed by atoms with E-state index in [1.54, 1.807) is 0 Å². The Balaban J connectivity index is 0.00000253. The van der Waals surface area contributed by atoms with E-state index in [0.717, 1.165) is 18.2 Å². The summed E-state index contributed by atoms with van der Waals surface area (Å²) in [5.74, 6) is -1.95. The van der Waals surface area contributed by atoms with Crippen LogP contribution in [0.5, 0.6) is 11.5 Å². The van der Waals surface area contributed by atoms with Crippen molar-refractivity contribution < 1.29 is 138 Å². The zero-order chi connectivity index (χ0) is 26.6. The van der Waals surface area contributed by atoms with Crippen LogP contribution in [0.15, 0.2) is 79.5 Å². The molecular formula is C20H11N2Na3O11S3. The number of benzene rings is 4. The number of azo groups is 1. The summed E-state index contributed by atoms with van der Waals surface area (Å²) in [6, 6.07) is 9.35. The molecule has 0 aromatic heterocycles. The average molecular weight is 620 g/mol. The number of hydrogen-bond acceptors (Lipinski definition) is 13. The van der Waals surface area contributed by atoms with Crippen molar-refractivity contribution in [3.63, 3.8) is 0 Å². The Bertz CT molecular complexity index is 1950. The second-order valence-corrected chi connectivity index (χ2v) is 11.4. The van der Waals surface area contributed by atoms with Gasteiger partial charge in [0.25, 0.3) is 0 Å². The minimum absolute atomic E-state index is 0. The fourth-order valence-electron chi connectivity index (χ4n) is 3.50. The molecule has 0 aliphatic rings. The normalized spacial score (nSPS) is 12.1. The zero-order valence-electron chi connectivity index (χ0n) is 20.4. The first-order chi connectivity index (χ1) is 16.6. The molecule has 4 aromatic carbocycles. The summed E-state index contributed by atoms with van der Waals surface area (Å²) in [4.78, 5) is -2.68. The molecule has 0 amide bonds. The largest absolute Gasteiger partial charge is 1.00 e. The molecule has 188 valence electrons. The van der Waals surface area contributed by atoms with E-state index in [1.807, 2.05) is 0 Å². The van der Waals surface area contributed by atoms with E-state index in [2.05, 4.69) is 10.2 Å². The minimum atomic E-state index is -5.32. The topological polar surface area (TPSA) is 237 Å². The smallest absolute Gasteiger partial charge is 0.744 e. The van der Waals surface area contributed by atoms with Crippen LogP contribution in [-0.4, -0.2) is 49.1 Å². The van der Waals surface area contributed by atoms with Crippen molar-refractivity contribution >= 4 is 63.3 Å². The van der Waals surface area contributed by atoms with Gasteiger partial charge in [0.1, 0.15) is 47.5 Å². The maximum atomic E-state index is 11.7. The van der Waals surface area contributed by atoms with Gasteiger partial charge in [0, 0.05) is 22.2 Å². The molecule has 19 heteroatoms. The second kappa shape index (κ2) is 13.1. The van der Waals surface area contributed by atoms with E-state index in [4.69, 9.17) is 0 Å². The molecule has 4 aromatic rings. The summed E-state index contributed by atoms with van der Waals surface area (Å²) >= 11 is 0. The quantitative estimate of drug-likeness (QED) is 0.121. The standard InChI is InChI=1S/C20H14N2O11S3.3Na/c23-15-9-16(35(28,29)30)13-3-1-2-4-14(13)18(15)21-22-19-12-6-5-11(34(25,26)27)7-10(12)8-17(20(19)24)36(31,32)33;;;/h1-9,23-24H,(H,25,26,27)(H,28,29,30)(H,31,32,33);;;/q;3*+1/p-3. The van der Waals surface area contributed by atoms with E-state index < -0.39 is 62.2 Å². The van der Waals surface area contributed by atoms with Crippen LogP contribution in [-0.2, 0) is 30.4 Å². The first-order valence-corrected chi connectivity index (χ1v) is 13.7. The molecule has 0 fully saturated rings. The zero-order valence-corrected chi connectivity index (χ0v) is 28.8. The van der Waals surface area contributed by atoms with E-state index in [0.29, 0.717) is 12.1 Å². The molecule has 0 heterocycles. The number of phenolic OH excluding ortho intramolecular Hbond substituents is 2. The Labute approximate surface area is 288 Å².